The smallest absolute Gasteiger partial charge is 0.160 e. The van der Waals surface area contributed by atoms with E-state index in [2.05, 4.69) is 145 Å². The Kier molecular flexibility index (Phi) is 6.36. The molecule has 0 fully saturated rings. The molecule has 0 bridgehead atoms. The largest absolute Gasteiger partial charge is 0.264 e. The van der Waals surface area contributed by atoms with Gasteiger partial charge in [0.25, 0.3) is 0 Å². The highest BCUT2D eigenvalue weighted by molar-refractivity contribution is 6.32. The molecule has 0 aliphatic heterocycles. The van der Waals surface area contributed by atoms with E-state index < -0.39 is 0 Å². The van der Waals surface area contributed by atoms with Gasteiger partial charge in [-0.25, -0.2) is 9.97 Å². The molecule has 0 spiro atoms. The third kappa shape index (κ3) is 4.55. The first-order valence-corrected chi connectivity index (χ1v) is 15.9. The summed E-state index contributed by atoms with van der Waals surface area (Å²) in [5, 5.41) is 9.94. The number of hydrogen-bond donors (Lipinski definition) is 0. The predicted molar refractivity (Wildman–Crippen MR) is 196 cm³/mol. The molecule has 0 aliphatic rings. The molecule has 9 aromatic rings. The number of aryl methyl sites for hydroxylation is 1. The summed E-state index contributed by atoms with van der Waals surface area (Å²) in [7, 11) is 0. The normalized spacial score (nSPS) is 11.5. The van der Waals surface area contributed by atoms with Gasteiger partial charge in [-0.05, 0) is 79.3 Å². The van der Waals surface area contributed by atoms with Crippen molar-refractivity contribution in [1.82, 2.24) is 15.0 Å². The molecule has 0 radical (unpaired) electrons. The zero-order valence-electron chi connectivity index (χ0n) is 25.9. The van der Waals surface area contributed by atoms with E-state index in [-0.39, 0.29) is 0 Å². The lowest BCUT2D eigenvalue weighted by molar-refractivity contribution is 1.19. The average molecular weight is 600 g/mol. The van der Waals surface area contributed by atoms with Crippen molar-refractivity contribution in [1.29, 1.82) is 0 Å². The minimum Gasteiger partial charge on any atom is -0.264 e. The summed E-state index contributed by atoms with van der Waals surface area (Å²) < 4.78 is 0. The first-order valence-electron chi connectivity index (χ1n) is 15.9. The quantitative estimate of drug-likeness (QED) is 0.189. The van der Waals surface area contributed by atoms with E-state index >= 15 is 0 Å². The molecule has 220 valence electrons. The standard InChI is InChI=1S/C44H29N3/c1-28-23-24-45-27-40(28)29-19-21-31(22-20-29)44-46-41(30-11-3-2-4-12-30)26-42(47-44)38-25-39-34-15-6-5-13-32(34)33-14-7-9-17-36(33)43(39)37-18-10-8-16-35(37)38/h2-27H,1H3. The van der Waals surface area contributed by atoms with Crippen molar-refractivity contribution < 1.29 is 0 Å². The van der Waals surface area contributed by atoms with Crippen molar-refractivity contribution >= 4 is 43.1 Å². The molecule has 0 N–H and O–H groups in total. The monoisotopic (exact) mass is 599 g/mol. The maximum absolute atomic E-state index is 5.30. The molecular formula is C44H29N3. The zero-order valence-corrected chi connectivity index (χ0v) is 25.9. The van der Waals surface area contributed by atoms with Gasteiger partial charge in [-0.3, -0.25) is 4.98 Å². The lowest BCUT2D eigenvalue weighted by Gasteiger charge is -2.16. The SMILES string of the molecule is Cc1ccncc1-c1ccc(-c2nc(-c3ccccc3)cc(-c3cc4c5ccccc5c5ccccc5c4c4ccccc34)n2)cc1. The molecule has 9 rings (SSSR count). The van der Waals surface area contributed by atoms with Crippen LogP contribution in [0.1, 0.15) is 5.56 Å². The van der Waals surface area contributed by atoms with Crippen molar-refractivity contribution in [2.45, 2.75) is 6.92 Å². The number of pyridine rings is 1. The van der Waals surface area contributed by atoms with Gasteiger partial charge in [-0.2, -0.15) is 0 Å². The zero-order chi connectivity index (χ0) is 31.3. The lowest BCUT2D eigenvalue weighted by Crippen LogP contribution is -1.97. The fourth-order valence-corrected chi connectivity index (χ4v) is 7.01. The fourth-order valence-electron chi connectivity index (χ4n) is 7.01. The van der Waals surface area contributed by atoms with E-state index in [4.69, 9.17) is 9.97 Å². The van der Waals surface area contributed by atoms with Crippen LogP contribution in [0.2, 0.25) is 0 Å². The molecule has 47 heavy (non-hydrogen) atoms. The van der Waals surface area contributed by atoms with Gasteiger partial charge in [0.15, 0.2) is 5.82 Å². The van der Waals surface area contributed by atoms with Crippen LogP contribution >= 0.6 is 0 Å². The Bertz CT molecular complexity index is 2620. The Hall–Kier alpha value is -6.19. The summed E-state index contributed by atoms with van der Waals surface area (Å²) in [6, 6.07) is 51.7. The van der Waals surface area contributed by atoms with Crippen molar-refractivity contribution in [2.24, 2.45) is 0 Å². The van der Waals surface area contributed by atoms with Crippen LogP contribution in [0, 0.1) is 6.92 Å². The number of rotatable bonds is 4. The number of aromatic nitrogens is 3. The molecule has 0 saturated heterocycles. The molecule has 0 saturated carbocycles. The number of hydrogen-bond acceptors (Lipinski definition) is 3. The van der Waals surface area contributed by atoms with Crippen molar-refractivity contribution in [3.8, 4) is 45.0 Å². The topological polar surface area (TPSA) is 38.7 Å². The van der Waals surface area contributed by atoms with Crippen LogP contribution in [-0.2, 0) is 0 Å². The van der Waals surface area contributed by atoms with Gasteiger partial charge >= 0.3 is 0 Å². The summed E-state index contributed by atoms with van der Waals surface area (Å²) >= 11 is 0. The summed E-state index contributed by atoms with van der Waals surface area (Å²) in [4.78, 5) is 14.8. The lowest BCUT2D eigenvalue weighted by atomic mass is 9.88. The highest BCUT2D eigenvalue weighted by Gasteiger charge is 2.18. The van der Waals surface area contributed by atoms with Gasteiger partial charge in [0.2, 0.25) is 0 Å². The van der Waals surface area contributed by atoms with Crippen LogP contribution in [0.15, 0.2) is 158 Å². The van der Waals surface area contributed by atoms with E-state index in [1.807, 2.05) is 24.5 Å². The molecule has 0 unspecified atom stereocenters. The van der Waals surface area contributed by atoms with E-state index in [9.17, 15) is 0 Å². The summed E-state index contributed by atoms with van der Waals surface area (Å²) in [6.45, 7) is 2.11. The molecule has 2 aromatic heterocycles. The minimum atomic E-state index is 0.698. The van der Waals surface area contributed by atoms with Gasteiger partial charge in [0.1, 0.15) is 0 Å². The highest BCUT2D eigenvalue weighted by atomic mass is 14.9. The third-order valence-electron chi connectivity index (χ3n) is 9.31. The fraction of sp³-hybridized carbons (Fsp3) is 0.0227. The average Bonchev–Trinajstić information content (AvgIpc) is 3.15. The van der Waals surface area contributed by atoms with E-state index in [1.165, 1.54) is 48.7 Å². The Labute approximate surface area is 272 Å². The molecular weight excluding hydrogens is 571 g/mol. The Morgan fingerprint density at radius 2 is 0.957 bits per heavy atom. The van der Waals surface area contributed by atoms with Crippen LogP contribution < -0.4 is 0 Å². The molecule has 3 nitrogen and oxygen atoms in total. The van der Waals surface area contributed by atoms with Crippen LogP contribution in [0.4, 0.5) is 0 Å². The number of fused-ring (bicyclic) bond motifs is 8. The third-order valence-corrected chi connectivity index (χ3v) is 9.31. The van der Waals surface area contributed by atoms with Gasteiger partial charge in [-0.15, -0.1) is 0 Å². The Balaban J connectivity index is 1.32. The van der Waals surface area contributed by atoms with Crippen LogP contribution in [0.25, 0.3) is 88.1 Å². The second-order valence-electron chi connectivity index (χ2n) is 12.1. The second-order valence-corrected chi connectivity index (χ2v) is 12.1. The molecule has 0 amide bonds. The molecule has 0 aliphatic carbocycles. The van der Waals surface area contributed by atoms with Crippen LogP contribution in [-0.4, -0.2) is 15.0 Å². The summed E-state index contributed by atoms with van der Waals surface area (Å²) in [5.74, 6) is 0.698. The summed E-state index contributed by atoms with van der Waals surface area (Å²) in [6.07, 6.45) is 3.76. The Morgan fingerprint density at radius 3 is 1.66 bits per heavy atom. The molecule has 3 heteroatoms. The predicted octanol–water partition coefficient (Wildman–Crippen LogP) is 11.5. The maximum atomic E-state index is 5.30. The first-order chi connectivity index (χ1) is 23.2. The Morgan fingerprint density at radius 1 is 0.404 bits per heavy atom. The van der Waals surface area contributed by atoms with Gasteiger partial charge in [0.05, 0.1) is 11.4 Å². The minimum absolute atomic E-state index is 0.698. The van der Waals surface area contributed by atoms with Gasteiger partial charge in [0, 0.05) is 34.6 Å². The van der Waals surface area contributed by atoms with Gasteiger partial charge in [-0.1, -0.05) is 127 Å². The second kappa shape index (κ2) is 11.0. The molecule has 2 heterocycles. The highest BCUT2D eigenvalue weighted by Crippen LogP contribution is 2.43. The van der Waals surface area contributed by atoms with E-state index in [1.54, 1.807) is 0 Å². The van der Waals surface area contributed by atoms with E-state index in [0.29, 0.717) is 5.82 Å². The van der Waals surface area contributed by atoms with Crippen LogP contribution in [0.5, 0.6) is 0 Å². The molecule has 0 atom stereocenters. The van der Waals surface area contributed by atoms with Crippen molar-refractivity contribution in [2.75, 3.05) is 0 Å². The van der Waals surface area contributed by atoms with Crippen molar-refractivity contribution in [3.05, 3.63) is 164 Å². The summed E-state index contributed by atoms with van der Waals surface area (Å²) in [5.41, 5.74) is 8.36. The van der Waals surface area contributed by atoms with E-state index in [0.717, 1.165) is 39.2 Å². The van der Waals surface area contributed by atoms with Gasteiger partial charge < -0.3 is 0 Å². The van der Waals surface area contributed by atoms with Crippen molar-refractivity contribution in [3.63, 3.8) is 0 Å². The number of nitrogens with zero attached hydrogens (tertiary/aromatic N) is 3. The molecule has 7 aromatic carbocycles. The maximum Gasteiger partial charge on any atom is 0.160 e. The van der Waals surface area contributed by atoms with Crippen LogP contribution in [0.3, 0.4) is 0 Å². The number of benzene rings is 7. The first kappa shape index (κ1) is 27.1.